The highest BCUT2D eigenvalue weighted by Crippen LogP contribution is 2.33. The fraction of sp³-hybridized carbons (Fsp3) is 0.211. The van der Waals surface area contributed by atoms with E-state index in [4.69, 9.17) is 11.6 Å². The Hall–Kier alpha value is -3.00. The van der Waals surface area contributed by atoms with Crippen LogP contribution in [0.15, 0.2) is 42.5 Å². The maximum Gasteiger partial charge on any atom is 0.325 e. The molecule has 2 aromatic carbocycles. The predicted octanol–water partition coefficient (Wildman–Crippen LogP) is 3.41. The monoisotopic (exact) mass is 407 g/mol. The Morgan fingerprint density at radius 2 is 1.86 bits per heavy atom. The minimum atomic E-state index is -1.32. The van der Waals surface area contributed by atoms with Crippen LogP contribution in [-0.4, -0.2) is 29.3 Å². The molecule has 1 heterocycles. The molecule has 146 valence electrons. The van der Waals surface area contributed by atoms with Gasteiger partial charge in [-0.15, -0.1) is 0 Å². The van der Waals surface area contributed by atoms with Gasteiger partial charge in [0.25, 0.3) is 5.91 Å². The summed E-state index contributed by atoms with van der Waals surface area (Å²) in [6.07, 6.45) is 0.254. The molecule has 1 fully saturated rings. The van der Waals surface area contributed by atoms with Crippen molar-refractivity contribution in [3.63, 3.8) is 0 Å². The maximum atomic E-state index is 13.7. The van der Waals surface area contributed by atoms with Gasteiger partial charge in [0.2, 0.25) is 5.91 Å². The number of benzene rings is 2. The lowest BCUT2D eigenvalue weighted by atomic mass is 9.87. The summed E-state index contributed by atoms with van der Waals surface area (Å²) in [7, 11) is 0. The van der Waals surface area contributed by atoms with Gasteiger partial charge in [-0.3, -0.25) is 14.5 Å². The summed E-state index contributed by atoms with van der Waals surface area (Å²) in [5, 5.41) is 5.33. The minimum Gasteiger partial charge on any atom is -0.322 e. The molecule has 2 N–H and O–H groups in total. The summed E-state index contributed by atoms with van der Waals surface area (Å²) in [6.45, 7) is 1.11. The zero-order chi connectivity index (χ0) is 20.5. The Morgan fingerprint density at radius 3 is 2.46 bits per heavy atom. The lowest BCUT2D eigenvalue weighted by Crippen LogP contribution is -2.44. The molecule has 1 atom stereocenters. The quantitative estimate of drug-likeness (QED) is 0.745. The van der Waals surface area contributed by atoms with Crippen LogP contribution in [0.5, 0.6) is 0 Å². The lowest BCUT2D eigenvalue weighted by molar-refractivity contribution is -0.134. The number of carbonyl (C=O) groups excluding carboxylic acids is 3. The van der Waals surface area contributed by atoms with Crippen molar-refractivity contribution in [2.75, 3.05) is 11.9 Å². The van der Waals surface area contributed by atoms with Crippen molar-refractivity contribution in [3.05, 3.63) is 64.7 Å². The van der Waals surface area contributed by atoms with E-state index in [1.807, 2.05) is 0 Å². The zero-order valence-corrected chi connectivity index (χ0v) is 15.5. The van der Waals surface area contributed by atoms with Crippen LogP contribution >= 0.6 is 11.6 Å². The first-order valence-corrected chi connectivity index (χ1v) is 8.79. The summed E-state index contributed by atoms with van der Waals surface area (Å²) in [5.41, 5.74) is -1.04. The second kappa shape index (κ2) is 7.55. The van der Waals surface area contributed by atoms with Crippen LogP contribution in [0.3, 0.4) is 0 Å². The Balaban J connectivity index is 1.79. The van der Waals surface area contributed by atoms with E-state index in [0.29, 0.717) is 16.7 Å². The van der Waals surface area contributed by atoms with Crippen molar-refractivity contribution < 1.29 is 23.2 Å². The minimum absolute atomic E-state index is 0.252. The zero-order valence-electron chi connectivity index (χ0n) is 14.8. The third-order valence-corrected chi connectivity index (χ3v) is 4.80. The first kappa shape index (κ1) is 19.8. The standard InChI is InChI=1S/C19H16ClF2N3O3/c1-2-19(11-3-5-12(20)6-4-11)17(27)25(18(28)24-19)10-16(26)23-15-8-7-13(21)9-14(15)22/h3-9H,2,10H2,1H3,(H,23,26)(H,24,28). The molecule has 0 saturated carbocycles. The van der Waals surface area contributed by atoms with Crippen LogP contribution in [0.2, 0.25) is 5.02 Å². The predicted molar refractivity (Wildman–Crippen MR) is 98.7 cm³/mol. The topological polar surface area (TPSA) is 78.5 Å². The molecule has 0 aromatic heterocycles. The van der Waals surface area contributed by atoms with E-state index in [9.17, 15) is 23.2 Å². The molecule has 28 heavy (non-hydrogen) atoms. The van der Waals surface area contributed by atoms with E-state index in [1.54, 1.807) is 31.2 Å². The molecule has 6 nitrogen and oxygen atoms in total. The van der Waals surface area contributed by atoms with Crippen LogP contribution < -0.4 is 10.6 Å². The molecule has 3 rings (SSSR count). The number of nitrogens with one attached hydrogen (secondary N) is 2. The average molecular weight is 408 g/mol. The average Bonchev–Trinajstić information content (AvgIpc) is 2.90. The first-order valence-electron chi connectivity index (χ1n) is 8.42. The Morgan fingerprint density at radius 1 is 1.18 bits per heavy atom. The van der Waals surface area contributed by atoms with Gasteiger partial charge in [0, 0.05) is 11.1 Å². The molecule has 0 aliphatic carbocycles. The number of anilines is 1. The molecule has 0 radical (unpaired) electrons. The van der Waals surface area contributed by atoms with Gasteiger partial charge in [0.1, 0.15) is 23.7 Å². The highest BCUT2D eigenvalue weighted by atomic mass is 35.5. The molecule has 1 aliphatic heterocycles. The van der Waals surface area contributed by atoms with Gasteiger partial charge in [0.15, 0.2) is 0 Å². The van der Waals surface area contributed by atoms with E-state index >= 15 is 0 Å². The van der Waals surface area contributed by atoms with Gasteiger partial charge in [-0.1, -0.05) is 30.7 Å². The largest absolute Gasteiger partial charge is 0.325 e. The van der Waals surface area contributed by atoms with Gasteiger partial charge >= 0.3 is 6.03 Å². The summed E-state index contributed by atoms with van der Waals surface area (Å²) >= 11 is 5.88. The van der Waals surface area contributed by atoms with Crippen molar-refractivity contribution >= 4 is 35.1 Å². The maximum absolute atomic E-state index is 13.7. The van der Waals surface area contributed by atoms with Crippen LogP contribution in [0.1, 0.15) is 18.9 Å². The third kappa shape index (κ3) is 3.55. The molecule has 1 aliphatic rings. The first-order chi connectivity index (χ1) is 13.3. The van der Waals surface area contributed by atoms with E-state index in [-0.39, 0.29) is 12.1 Å². The number of rotatable bonds is 5. The lowest BCUT2D eigenvalue weighted by Gasteiger charge is -2.25. The molecule has 2 aromatic rings. The van der Waals surface area contributed by atoms with Crippen LogP contribution in [0, 0.1) is 11.6 Å². The Bertz CT molecular complexity index is 952. The molecule has 0 bridgehead atoms. The van der Waals surface area contributed by atoms with E-state index in [0.717, 1.165) is 17.0 Å². The van der Waals surface area contributed by atoms with Crippen molar-refractivity contribution in [2.24, 2.45) is 0 Å². The number of halogens is 3. The number of nitrogens with zero attached hydrogens (tertiary/aromatic N) is 1. The van der Waals surface area contributed by atoms with Gasteiger partial charge in [-0.05, 0) is 36.2 Å². The van der Waals surface area contributed by atoms with E-state index < -0.39 is 41.6 Å². The number of hydrogen-bond acceptors (Lipinski definition) is 3. The highest BCUT2D eigenvalue weighted by Gasteiger charge is 2.51. The van der Waals surface area contributed by atoms with E-state index in [2.05, 4.69) is 10.6 Å². The van der Waals surface area contributed by atoms with Crippen molar-refractivity contribution in [2.45, 2.75) is 18.9 Å². The van der Waals surface area contributed by atoms with Gasteiger partial charge in [-0.2, -0.15) is 0 Å². The van der Waals surface area contributed by atoms with E-state index in [1.165, 1.54) is 0 Å². The Kier molecular flexibility index (Phi) is 5.33. The van der Waals surface area contributed by atoms with Crippen LogP contribution in [-0.2, 0) is 15.1 Å². The summed E-state index contributed by atoms with van der Waals surface area (Å²) in [4.78, 5) is 38.3. The number of urea groups is 1. The number of carbonyl (C=O) groups is 3. The molecular weight excluding hydrogens is 392 g/mol. The normalized spacial score (nSPS) is 18.9. The number of imide groups is 1. The van der Waals surface area contributed by atoms with Gasteiger partial charge in [0.05, 0.1) is 5.69 Å². The molecule has 4 amide bonds. The van der Waals surface area contributed by atoms with Crippen molar-refractivity contribution in [1.82, 2.24) is 10.2 Å². The molecular formula is C19H16ClF2N3O3. The SMILES string of the molecule is CCC1(c2ccc(Cl)cc2)NC(=O)N(CC(=O)Nc2ccc(F)cc2F)C1=O. The molecule has 9 heteroatoms. The van der Waals surface area contributed by atoms with Gasteiger partial charge in [-0.25, -0.2) is 13.6 Å². The van der Waals surface area contributed by atoms with Crippen LogP contribution in [0.25, 0.3) is 0 Å². The van der Waals surface area contributed by atoms with Crippen molar-refractivity contribution in [3.8, 4) is 0 Å². The second-order valence-corrected chi connectivity index (χ2v) is 6.70. The summed E-state index contributed by atoms with van der Waals surface area (Å²) in [5.74, 6) is -3.15. The number of amides is 4. The second-order valence-electron chi connectivity index (χ2n) is 6.26. The van der Waals surface area contributed by atoms with Crippen LogP contribution in [0.4, 0.5) is 19.3 Å². The van der Waals surface area contributed by atoms with Gasteiger partial charge < -0.3 is 10.6 Å². The highest BCUT2D eigenvalue weighted by molar-refractivity contribution is 6.30. The third-order valence-electron chi connectivity index (χ3n) is 4.55. The molecule has 1 saturated heterocycles. The Labute approximate surface area is 164 Å². The fourth-order valence-electron chi connectivity index (χ4n) is 3.07. The molecule has 1 unspecified atom stereocenters. The smallest absolute Gasteiger partial charge is 0.322 e. The summed E-state index contributed by atoms with van der Waals surface area (Å²) in [6, 6.07) is 8.36. The van der Waals surface area contributed by atoms with Crippen molar-refractivity contribution in [1.29, 1.82) is 0 Å². The summed E-state index contributed by atoms with van der Waals surface area (Å²) < 4.78 is 26.6. The number of hydrogen-bond donors (Lipinski definition) is 2. The fourth-order valence-corrected chi connectivity index (χ4v) is 3.19. The molecule has 0 spiro atoms.